The van der Waals surface area contributed by atoms with Gasteiger partial charge >= 0.3 is 0 Å². The Bertz CT molecular complexity index is 1150. The Morgan fingerprint density at radius 2 is 1.78 bits per heavy atom. The maximum absolute atomic E-state index is 12.5. The maximum Gasteiger partial charge on any atom is 0.266 e. The van der Waals surface area contributed by atoms with Crippen LogP contribution in [0.3, 0.4) is 0 Å². The third-order valence-electron chi connectivity index (χ3n) is 4.35. The summed E-state index contributed by atoms with van der Waals surface area (Å²) < 4.78 is 12.7. The van der Waals surface area contributed by atoms with Gasteiger partial charge in [-0.2, -0.15) is 5.26 Å². The molecule has 1 amide bonds. The second-order valence-corrected chi connectivity index (χ2v) is 8.37. The number of nitrogens with zero attached hydrogens (tertiary/aromatic N) is 1. The van der Waals surface area contributed by atoms with Crippen molar-refractivity contribution in [3.8, 4) is 17.6 Å². The summed E-state index contributed by atoms with van der Waals surface area (Å²) in [5.41, 5.74) is 2.24. The molecule has 1 N–H and O–H groups in total. The van der Waals surface area contributed by atoms with Crippen LogP contribution in [0.2, 0.25) is 5.02 Å². The fraction of sp³-hybridized carbons (Fsp3) is 0.120. The molecule has 0 fully saturated rings. The van der Waals surface area contributed by atoms with Crippen molar-refractivity contribution in [1.82, 2.24) is 0 Å². The highest BCUT2D eigenvalue weighted by Crippen LogP contribution is 2.30. The number of hydrogen-bond acceptors (Lipinski definition) is 4. The van der Waals surface area contributed by atoms with Crippen LogP contribution >= 0.6 is 34.2 Å². The number of benzene rings is 3. The molecule has 162 valence electrons. The van der Waals surface area contributed by atoms with Gasteiger partial charge in [-0.1, -0.05) is 29.8 Å². The van der Waals surface area contributed by atoms with Gasteiger partial charge in [0.2, 0.25) is 0 Å². The van der Waals surface area contributed by atoms with E-state index in [-0.39, 0.29) is 5.57 Å². The first-order valence-electron chi connectivity index (χ1n) is 9.81. The summed E-state index contributed by atoms with van der Waals surface area (Å²) in [5.74, 6) is 0.626. The highest BCUT2D eigenvalue weighted by Gasteiger charge is 2.12. The van der Waals surface area contributed by atoms with Crippen LogP contribution < -0.4 is 14.8 Å². The molecule has 0 heterocycles. The number of ether oxygens (including phenoxy) is 2. The highest BCUT2D eigenvalue weighted by molar-refractivity contribution is 14.1. The van der Waals surface area contributed by atoms with Crippen LogP contribution in [0.25, 0.3) is 6.08 Å². The summed E-state index contributed by atoms with van der Waals surface area (Å²) in [6.07, 6.45) is 1.52. The molecule has 0 unspecified atom stereocenters. The molecule has 0 aliphatic rings. The van der Waals surface area contributed by atoms with E-state index >= 15 is 0 Å². The Kier molecular flexibility index (Phi) is 8.54. The monoisotopic (exact) mass is 558 g/mol. The molecule has 0 bridgehead atoms. The second kappa shape index (κ2) is 11.6. The van der Waals surface area contributed by atoms with E-state index in [1.165, 1.54) is 6.08 Å². The van der Waals surface area contributed by atoms with Crippen LogP contribution in [-0.4, -0.2) is 12.5 Å². The lowest BCUT2D eigenvalue weighted by molar-refractivity contribution is -0.112. The van der Waals surface area contributed by atoms with Crippen LogP contribution in [0, 0.1) is 14.9 Å². The van der Waals surface area contributed by atoms with Crippen LogP contribution in [0.15, 0.2) is 72.3 Å². The topological polar surface area (TPSA) is 71.3 Å². The molecular weight excluding hydrogens is 539 g/mol. The van der Waals surface area contributed by atoms with Crippen molar-refractivity contribution < 1.29 is 14.3 Å². The molecule has 0 saturated carbocycles. The summed E-state index contributed by atoms with van der Waals surface area (Å²) in [4.78, 5) is 12.5. The van der Waals surface area contributed by atoms with Gasteiger partial charge in [0.25, 0.3) is 5.91 Å². The number of rotatable bonds is 8. The first-order chi connectivity index (χ1) is 15.5. The number of amides is 1. The van der Waals surface area contributed by atoms with E-state index < -0.39 is 5.91 Å². The Morgan fingerprint density at radius 1 is 1.06 bits per heavy atom. The Balaban J connectivity index is 1.76. The molecule has 0 aromatic heterocycles. The van der Waals surface area contributed by atoms with Crippen molar-refractivity contribution >= 4 is 51.9 Å². The van der Waals surface area contributed by atoms with Gasteiger partial charge in [0.15, 0.2) is 11.5 Å². The van der Waals surface area contributed by atoms with Gasteiger partial charge in [0, 0.05) is 14.3 Å². The van der Waals surface area contributed by atoms with Crippen molar-refractivity contribution in [3.63, 3.8) is 0 Å². The van der Waals surface area contributed by atoms with E-state index in [1.54, 1.807) is 30.3 Å². The zero-order valence-electron chi connectivity index (χ0n) is 17.3. The molecule has 0 spiro atoms. The average molecular weight is 559 g/mol. The lowest BCUT2D eigenvalue weighted by Gasteiger charge is -2.13. The fourth-order valence-electron chi connectivity index (χ4n) is 2.79. The Morgan fingerprint density at radius 3 is 2.44 bits per heavy atom. The minimum absolute atomic E-state index is 0.0131. The fourth-order valence-corrected chi connectivity index (χ4v) is 3.28. The van der Waals surface area contributed by atoms with Gasteiger partial charge < -0.3 is 14.8 Å². The van der Waals surface area contributed by atoms with Crippen molar-refractivity contribution in [2.45, 2.75) is 13.5 Å². The zero-order chi connectivity index (χ0) is 22.9. The molecule has 0 radical (unpaired) electrons. The van der Waals surface area contributed by atoms with Gasteiger partial charge in [-0.15, -0.1) is 0 Å². The third kappa shape index (κ3) is 6.74. The molecule has 0 saturated heterocycles. The van der Waals surface area contributed by atoms with Gasteiger partial charge in [0.1, 0.15) is 18.2 Å². The molecule has 7 heteroatoms. The molecule has 0 aliphatic carbocycles. The van der Waals surface area contributed by atoms with Gasteiger partial charge in [-0.25, -0.2) is 0 Å². The molecule has 32 heavy (non-hydrogen) atoms. The summed E-state index contributed by atoms with van der Waals surface area (Å²) in [6.45, 7) is 2.68. The number of hydrogen-bond donors (Lipinski definition) is 1. The van der Waals surface area contributed by atoms with Crippen LogP contribution in [0.5, 0.6) is 11.5 Å². The minimum Gasteiger partial charge on any atom is -0.490 e. The van der Waals surface area contributed by atoms with E-state index in [1.807, 2.05) is 49.4 Å². The normalized spacial score (nSPS) is 10.9. The van der Waals surface area contributed by atoms with Gasteiger partial charge in [-0.3, -0.25) is 4.79 Å². The smallest absolute Gasteiger partial charge is 0.266 e. The molecule has 3 aromatic rings. The SMILES string of the molecule is CCOc1cc(/C=C(\C#N)C(=O)Nc2ccc(I)cc2)ccc1OCc1ccc(Cl)cc1. The third-order valence-corrected chi connectivity index (χ3v) is 5.32. The lowest BCUT2D eigenvalue weighted by Crippen LogP contribution is -2.13. The van der Waals surface area contributed by atoms with Crippen molar-refractivity contribution in [1.29, 1.82) is 5.26 Å². The van der Waals surface area contributed by atoms with E-state index in [4.69, 9.17) is 21.1 Å². The van der Waals surface area contributed by atoms with E-state index in [0.29, 0.717) is 41.0 Å². The van der Waals surface area contributed by atoms with E-state index in [0.717, 1.165) is 9.13 Å². The minimum atomic E-state index is -0.477. The van der Waals surface area contributed by atoms with Gasteiger partial charge in [-0.05, 0) is 95.2 Å². The quantitative estimate of drug-likeness (QED) is 0.195. The molecule has 0 aliphatic heterocycles. The number of carbonyl (C=O) groups is 1. The second-order valence-electron chi connectivity index (χ2n) is 6.69. The summed E-state index contributed by atoms with van der Waals surface area (Å²) in [6, 6.07) is 22.0. The van der Waals surface area contributed by atoms with Crippen molar-refractivity contribution in [2.75, 3.05) is 11.9 Å². The predicted molar refractivity (Wildman–Crippen MR) is 135 cm³/mol. The number of anilines is 1. The Hall–Kier alpha value is -3.02. The lowest BCUT2D eigenvalue weighted by atomic mass is 10.1. The van der Waals surface area contributed by atoms with E-state index in [9.17, 15) is 10.1 Å². The van der Waals surface area contributed by atoms with Gasteiger partial charge in [0.05, 0.1) is 6.61 Å². The number of carbonyl (C=O) groups excluding carboxylic acids is 1. The highest BCUT2D eigenvalue weighted by atomic mass is 127. The first kappa shape index (κ1) is 23.6. The Labute approximate surface area is 205 Å². The molecule has 3 rings (SSSR count). The maximum atomic E-state index is 12.5. The van der Waals surface area contributed by atoms with Crippen molar-refractivity contribution in [2.24, 2.45) is 0 Å². The largest absolute Gasteiger partial charge is 0.490 e. The number of nitrogens with one attached hydrogen (secondary N) is 1. The predicted octanol–water partition coefficient (Wildman–Crippen LogP) is 6.47. The number of halogens is 2. The molecule has 3 aromatic carbocycles. The molecular formula is C25H20ClIN2O3. The standard InChI is InChI=1S/C25H20ClIN2O3/c1-2-31-24-14-18(5-12-23(24)32-16-17-3-6-20(26)7-4-17)13-19(15-28)25(30)29-22-10-8-21(27)9-11-22/h3-14H,2,16H2,1H3,(H,29,30)/b19-13+. The van der Waals surface area contributed by atoms with Crippen molar-refractivity contribution in [3.05, 3.63) is 92.0 Å². The average Bonchev–Trinajstić information content (AvgIpc) is 2.79. The van der Waals surface area contributed by atoms with Crippen LogP contribution in [0.4, 0.5) is 5.69 Å². The summed E-state index contributed by atoms with van der Waals surface area (Å²) in [7, 11) is 0. The summed E-state index contributed by atoms with van der Waals surface area (Å²) in [5, 5.41) is 12.9. The first-order valence-corrected chi connectivity index (χ1v) is 11.3. The summed E-state index contributed by atoms with van der Waals surface area (Å²) >= 11 is 8.11. The molecule has 5 nitrogen and oxygen atoms in total. The van der Waals surface area contributed by atoms with E-state index in [2.05, 4.69) is 27.9 Å². The molecule has 0 atom stereocenters. The number of nitriles is 1. The van der Waals surface area contributed by atoms with Crippen LogP contribution in [0.1, 0.15) is 18.1 Å². The zero-order valence-corrected chi connectivity index (χ0v) is 20.2. The van der Waals surface area contributed by atoms with Crippen LogP contribution in [-0.2, 0) is 11.4 Å².